The second kappa shape index (κ2) is 5.73. The summed E-state index contributed by atoms with van der Waals surface area (Å²) < 4.78 is 10.5. The molecule has 0 amide bonds. The van der Waals surface area contributed by atoms with Crippen molar-refractivity contribution in [3.63, 3.8) is 0 Å². The lowest BCUT2D eigenvalue weighted by Crippen LogP contribution is -2.17. The second-order valence-electron chi connectivity index (χ2n) is 4.29. The minimum atomic E-state index is -0.998. The van der Waals surface area contributed by atoms with Crippen molar-refractivity contribution in [2.75, 3.05) is 13.7 Å². The number of carboxylic acid groups (broad SMARTS) is 1. The number of hydrogen-bond acceptors (Lipinski definition) is 4. The van der Waals surface area contributed by atoms with E-state index in [1.54, 1.807) is 13.2 Å². The van der Waals surface area contributed by atoms with E-state index in [1.807, 2.05) is 12.1 Å². The summed E-state index contributed by atoms with van der Waals surface area (Å²) in [4.78, 5) is 10.6. The zero-order chi connectivity index (χ0) is 13.0. The fourth-order valence-electron chi connectivity index (χ4n) is 1.70. The lowest BCUT2D eigenvalue weighted by molar-refractivity contribution is -0.139. The second-order valence-corrected chi connectivity index (χ2v) is 4.29. The lowest BCUT2D eigenvalue weighted by atomic mass is 10.2. The van der Waals surface area contributed by atoms with Gasteiger partial charge in [-0.15, -0.1) is 0 Å². The maximum Gasteiger partial charge on any atom is 0.341 e. The Bertz CT molecular complexity index is 429. The number of rotatable bonds is 7. The summed E-state index contributed by atoms with van der Waals surface area (Å²) in [5, 5.41) is 12.0. The van der Waals surface area contributed by atoms with Gasteiger partial charge in [0, 0.05) is 18.2 Å². The van der Waals surface area contributed by atoms with Crippen molar-refractivity contribution in [2.24, 2.45) is 0 Å². The number of hydrogen-bond donors (Lipinski definition) is 2. The number of nitrogens with one attached hydrogen (secondary N) is 1. The first kappa shape index (κ1) is 12.7. The molecule has 2 N–H and O–H groups in total. The van der Waals surface area contributed by atoms with E-state index in [9.17, 15) is 4.79 Å². The molecule has 0 aromatic heterocycles. The van der Waals surface area contributed by atoms with Crippen LogP contribution in [-0.2, 0) is 11.3 Å². The van der Waals surface area contributed by atoms with E-state index in [4.69, 9.17) is 14.6 Å². The van der Waals surface area contributed by atoms with Gasteiger partial charge >= 0.3 is 5.97 Å². The molecule has 5 nitrogen and oxygen atoms in total. The SMILES string of the molecule is COc1cccc(CNC2CC2)c1OCC(=O)O. The molecule has 1 aromatic rings. The number of benzene rings is 1. The summed E-state index contributed by atoms with van der Waals surface area (Å²) in [5.74, 6) is 0.0731. The predicted molar refractivity (Wildman–Crippen MR) is 66.0 cm³/mol. The molecule has 98 valence electrons. The van der Waals surface area contributed by atoms with Gasteiger partial charge in [0.1, 0.15) is 0 Å². The lowest BCUT2D eigenvalue weighted by Gasteiger charge is -2.14. The highest BCUT2D eigenvalue weighted by Gasteiger charge is 2.21. The molecule has 1 aliphatic rings. The molecule has 1 fully saturated rings. The standard InChI is InChI=1S/C13H17NO4/c1-17-11-4-2-3-9(7-14-10-5-6-10)13(11)18-8-12(15)16/h2-4,10,14H,5-8H2,1H3,(H,15,16). The third-order valence-electron chi connectivity index (χ3n) is 2.78. The van der Waals surface area contributed by atoms with Gasteiger partial charge in [0.2, 0.25) is 0 Å². The summed E-state index contributed by atoms with van der Waals surface area (Å²) in [6.07, 6.45) is 2.41. The zero-order valence-electron chi connectivity index (χ0n) is 10.3. The maximum atomic E-state index is 10.6. The normalized spacial score (nSPS) is 14.3. The molecule has 18 heavy (non-hydrogen) atoms. The van der Waals surface area contributed by atoms with Crippen LogP contribution in [0.4, 0.5) is 0 Å². The first-order chi connectivity index (χ1) is 8.70. The molecular formula is C13H17NO4. The molecule has 0 bridgehead atoms. The van der Waals surface area contributed by atoms with Crippen LogP contribution >= 0.6 is 0 Å². The highest BCUT2D eigenvalue weighted by Crippen LogP contribution is 2.31. The van der Waals surface area contributed by atoms with Crippen molar-refractivity contribution in [2.45, 2.75) is 25.4 Å². The largest absolute Gasteiger partial charge is 0.493 e. The summed E-state index contributed by atoms with van der Waals surface area (Å²) in [6.45, 7) is 0.299. The predicted octanol–water partition coefficient (Wildman–Crippen LogP) is 1.41. The molecule has 5 heteroatoms. The van der Waals surface area contributed by atoms with Crippen molar-refractivity contribution in [1.82, 2.24) is 5.32 Å². The van der Waals surface area contributed by atoms with Crippen LogP contribution in [0.1, 0.15) is 18.4 Å². The molecule has 2 rings (SSSR count). The van der Waals surface area contributed by atoms with Gasteiger partial charge in [-0.05, 0) is 18.9 Å². The molecule has 0 unspecified atom stereocenters. The van der Waals surface area contributed by atoms with Crippen molar-refractivity contribution < 1.29 is 19.4 Å². The van der Waals surface area contributed by atoms with Gasteiger partial charge < -0.3 is 19.9 Å². The average Bonchev–Trinajstić information content (AvgIpc) is 3.17. The van der Waals surface area contributed by atoms with Gasteiger partial charge in [0.15, 0.2) is 18.1 Å². The minimum Gasteiger partial charge on any atom is -0.493 e. The van der Waals surface area contributed by atoms with Gasteiger partial charge in [-0.25, -0.2) is 4.79 Å². The van der Waals surface area contributed by atoms with Gasteiger partial charge in [-0.1, -0.05) is 12.1 Å². The van der Waals surface area contributed by atoms with Gasteiger partial charge in [-0.3, -0.25) is 0 Å². The first-order valence-corrected chi connectivity index (χ1v) is 5.94. The Kier molecular flexibility index (Phi) is 4.04. The van der Waals surface area contributed by atoms with Crippen LogP contribution < -0.4 is 14.8 Å². The summed E-state index contributed by atoms with van der Waals surface area (Å²) in [5.41, 5.74) is 0.919. The molecule has 1 aliphatic carbocycles. The number of para-hydroxylation sites is 1. The van der Waals surface area contributed by atoms with Crippen molar-refractivity contribution >= 4 is 5.97 Å². The van der Waals surface area contributed by atoms with E-state index < -0.39 is 5.97 Å². The Morgan fingerprint density at radius 2 is 2.28 bits per heavy atom. The van der Waals surface area contributed by atoms with Gasteiger partial charge in [0.05, 0.1) is 7.11 Å². The smallest absolute Gasteiger partial charge is 0.341 e. The topological polar surface area (TPSA) is 67.8 Å². The summed E-state index contributed by atoms with van der Waals surface area (Å²) in [6, 6.07) is 6.13. The summed E-state index contributed by atoms with van der Waals surface area (Å²) in [7, 11) is 1.54. The van der Waals surface area contributed by atoms with E-state index in [0.29, 0.717) is 24.1 Å². The van der Waals surface area contributed by atoms with Crippen molar-refractivity contribution in [3.8, 4) is 11.5 Å². The van der Waals surface area contributed by atoms with Crippen LogP contribution in [0, 0.1) is 0 Å². The van der Waals surface area contributed by atoms with Crippen molar-refractivity contribution in [3.05, 3.63) is 23.8 Å². The van der Waals surface area contributed by atoms with Crippen LogP contribution in [0.3, 0.4) is 0 Å². The van der Waals surface area contributed by atoms with Crippen LogP contribution in [-0.4, -0.2) is 30.8 Å². The molecule has 1 saturated carbocycles. The first-order valence-electron chi connectivity index (χ1n) is 5.94. The molecule has 1 aromatic carbocycles. The van der Waals surface area contributed by atoms with Crippen LogP contribution in [0.5, 0.6) is 11.5 Å². The number of ether oxygens (including phenoxy) is 2. The van der Waals surface area contributed by atoms with Gasteiger partial charge in [0.25, 0.3) is 0 Å². The molecule has 0 spiro atoms. The molecule has 0 heterocycles. The maximum absolute atomic E-state index is 10.6. The number of carbonyl (C=O) groups is 1. The molecule has 0 atom stereocenters. The Hall–Kier alpha value is -1.75. The van der Waals surface area contributed by atoms with Gasteiger partial charge in [-0.2, -0.15) is 0 Å². The third-order valence-corrected chi connectivity index (χ3v) is 2.78. The zero-order valence-corrected chi connectivity index (χ0v) is 10.3. The van der Waals surface area contributed by atoms with Crippen LogP contribution in [0.2, 0.25) is 0 Å². The number of carboxylic acids is 1. The quantitative estimate of drug-likeness (QED) is 0.767. The Morgan fingerprint density at radius 1 is 1.50 bits per heavy atom. The number of methoxy groups -OCH3 is 1. The average molecular weight is 251 g/mol. The summed E-state index contributed by atoms with van der Waals surface area (Å²) >= 11 is 0. The Morgan fingerprint density at radius 3 is 2.89 bits per heavy atom. The van der Waals surface area contributed by atoms with E-state index in [2.05, 4.69) is 5.32 Å². The number of aliphatic carboxylic acids is 1. The molecule has 0 radical (unpaired) electrons. The van der Waals surface area contributed by atoms with E-state index in [0.717, 1.165) is 5.56 Å². The molecular weight excluding hydrogens is 234 g/mol. The van der Waals surface area contributed by atoms with Crippen LogP contribution in [0.25, 0.3) is 0 Å². The Balaban J connectivity index is 2.10. The third kappa shape index (κ3) is 3.37. The van der Waals surface area contributed by atoms with E-state index >= 15 is 0 Å². The van der Waals surface area contributed by atoms with Crippen LogP contribution in [0.15, 0.2) is 18.2 Å². The minimum absolute atomic E-state index is 0.364. The highest BCUT2D eigenvalue weighted by molar-refractivity contribution is 5.68. The molecule has 0 aliphatic heterocycles. The van der Waals surface area contributed by atoms with E-state index in [1.165, 1.54) is 12.8 Å². The molecule has 0 saturated heterocycles. The Labute approximate surface area is 106 Å². The fraction of sp³-hybridized carbons (Fsp3) is 0.462. The van der Waals surface area contributed by atoms with Crippen molar-refractivity contribution in [1.29, 1.82) is 0 Å². The fourth-order valence-corrected chi connectivity index (χ4v) is 1.70. The monoisotopic (exact) mass is 251 g/mol. The highest BCUT2D eigenvalue weighted by atomic mass is 16.5. The van der Waals surface area contributed by atoms with E-state index in [-0.39, 0.29) is 6.61 Å².